The van der Waals surface area contributed by atoms with E-state index in [0.29, 0.717) is 15.4 Å². The Balaban J connectivity index is 2.05. The van der Waals surface area contributed by atoms with Crippen molar-refractivity contribution in [1.82, 2.24) is 4.72 Å². The molecule has 1 aliphatic carbocycles. The van der Waals surface area contributed by atoms with Gasteiger partial charge in [-0.1, -0.05) is 37.8 Å². The van der Waals surface area contributed by atoms with E-state index in [-0.39, 0.29) is 9.62 Å². The minimum atomic E-state index is -3.45. The fraction of sp³-hybridized carbons (Fsp3) is 0.667. The van der Waals surface area contributed by atoms with Crippen molar-refractivity contribution >= 4 is 48.9 Å². The zero-order chi connectivity index (χ0) is 14.1. The molecular weight excluding hydrogens is 370 g/mol. The summed E-state index contributed by atoms with van der Waals surface area (Å²) in [6.07, 6.45) is 5.81. The number of hydrogen-bond acceptors (Lipinski definition) is 3. The summed E-state index contributed by atoms with van der Waals surface area (Å²) in [7, 11) is -3.45. The van der Waals surface area contributed by atoms with E-state index in [1.165, 1.54) is 25.3 Å². The SMILES string of the molecule is CC1(CNS(=O)(=O)c2cc(Cl)c(Br)s2)CCCCC1. The highest BCUT2D eigenvalue weighted by atomic mass is 79.9. The van der Waals surface area contributed by atoms with Gasteiger partial charge in [0, 0.05) is 6.54 Å². The Kier molecular flexibility index (Phi) is 4.99. The van der Waals surface area contributed by atoms with E-state index in [9.17, 15) is 8.42 Å². The Morgan fingerprint density at radius 1 is 1.42 bits per heavy atom. The molecule has 0 aliphatic heterocycles. The Bertz CT molecular complexity index is 531. The third-order valence-electron chi connectivity index (χ3n) is 3.64. The summed E-state index contributed by atoms with van der Waals surface area (Å²) in [6, 6.07) is 1.49. The van der Waals surface area contributed by atoms with Crippen molar-refractivity contribution in [3.8, 4) is 0 Å². The van der Waals surface area contributed by atoms with Gasteiger partial charge in [0.2, 0.25) is 10.0 Å². The highest BCUT2D eigenvalue weighted by Gasteiger charge is 2.29. The Labute approximate surface area is 131 Å². The maximum absolute atomic E-state index is 12.2. The summed E-state index contributed by atoms with van der Waals surface area (Å²) in [5.74, 6) is 0. The van der Waals surface area contributed by atoms with E-state index in [4.69, 9.17) is 11.6 Å². The fourth-order valence-corrected chi connectivity index (χ4v) is 6.02. The van der Waals surface area contributed by atoms with Gasteiger partial charge in [0.1, 0.15) is 4.21 Å². The van der Waals surface area contributed by atoms with Gasteiger partial charge in [-0.2, -0.15) is 0 Å². The van der Waals surface area contributed by atoms with Crippen LogP contribution in [0.2, 0.25) is 5.02 Å². The molecule has 7 heteroatoms. The van der Waals surface area contributed by atoms with Crippen molar-refractivity contribution in [2.45, 2.75) is 43.2 Å². The summed E-state index contributed by atoms with van der Waals surface area (Å²) in [4.78, 5) is 0. The number of halogens is 2. The van der Waals surface area contributed by atoms with E-state index >= 15 is 0 Å². The predicted molar refractivity (Wildman–Crippen MR) is 83.4 cm³/mol. The average Bonchev–Trinajstić information content (AvgIpc) is 2.69. The van der Waals surface area contributed by atoms with Gasteiger partial charge in [-0.3, -0.25) is 0 Å². The van der Waals surface area contributed by atoms with E-state index in [0.717, 1.165) is 24.2 Å². The molecule has 0 saturated heterocycles. The van der Waals surface area contributed by atoms with Gasteiger partial charge in [-0.15, -0.1) is 11.3 Å². The van der Waals surface area contributed by atoms with Gasteiger partial charge in [-0.05, 0) is 40.3 Å². The maximum atomic E-state index is 12.2. The number of thiophene rings is 1. The second-order valence-corrected chi connectivity index (χ2v) is 10.2. The quantitative estimate of drug-likeness (QED) is 0.833. The fourth-order valence-electron chi connectivity index (χ4n) is 2.38. The summed E-state index contributed by atoms with van der Waals surface area (Å²) in [5, 5.41) is 0.439. The Morgan fingerprint density at radius 3 is 2.58 bits per heavy atom. The minimum absolute atomic E-state index is 0.0869. The van der Waals surface area contributed by atoms with Crippen LogP contribution in [0.1, 0.15) is 39.0 Å². The van der Waals surface area contributed by atoms with Crippen LogP contribution in [0.5, 0.6) is 0 Å². The molecule has 1 aromatic heterocycles. The van der Waals surface area contributed by atoms with Gasteiger partial charge in [-0.25, -0.2) is 13.1 Å². The summed E-state index contributed by atoms with van der Waals surface area (Å²) < 4.78 is 28.1. The molecule has 0 atom stereocenters. The molecule has 1 aliphatic rings. The molecule has 1 fully saturated rings. The van der Waals surface area contributed by atoms with Crippen LogP contribution in [-0.4, -0.2) is 15.0 Å². The van der Waals surface area contributed by atoms with Crippen molar-refractivity contribution in [1.29, 1.82) is 0 Å². The van der Waals surface area contributed by atoms with Crippen LogP contribution in [0.15, 0.2) is 14.1 Å². The van der Waals surface area contributed by atoms with Crippen molar-refractivity contribution in [2.75, 3.05) is 6.54 Å². The highest BCUT2D eigenvalue weighted by Crippen LogP contribution is 2.37. The lowest BCUT2D eigenvalue weighted by Crippen LogP contribution is -2.36. The van der Waals surface area contributed by atoms with Crippen LogP contribution in [0.3, 0.4) is 0 Å². The molecule has 0 radical (unpaired) electrons. The minimum Gasteiger partial charge on any atom is -0.210 e. The number of nitrogens with one attached hydrogen (secondary N) is 1. The zero-order valence-corrected chi connectivity index (χ0v) is 14.7. The largest absolute Gasteiger partial charge is 0.250 e. The van der Waals surface area contributed by atoms with Crippen LogP contribution in [0.4, 0.5) is 0 Å². The summed E-state index contributed by atoms with van der Waals surface area (Å²) in [5.41, 5.74) is 0.0869. The average molecular weight is 387 g/mol. The van der Waals surface area contributed by atoms with Crippen LogP contribution in [0, 0.1) is 5.41 Å². The van der Waals surface area contributed by atoms with Crippen LogP contribution in [0.25, 0.3) is 0 Å². The molecule has 0 aromatic carbocycles. The normalized spacial score (nSPS) is 19.5. The lowest BCUT2D eigenvalue weighted by molar-refractivity contribution is 0.219. The van der Waals surface area contributed by atoms with E-state index in [1.54, 1.807) is 0 Å². The smallest absolute Gasteiger partial charge is 0.210 e. The first-order valence-corrected chi connectivity index (χ1v) is 9.74. The highest BCUT2D eigenvalue weighted by molar-refractivity contribution is 9.11. The number of sulfonamides is 1. The van der Waals surface area contributed by atoms with Crippen molar-refractivity contribution in [3.05, 3.63) is 14.9 Å². The van der Waals surface area contributed by atoms with Crippen LogP contribution >= 0.6 is 38.9 Å². The standard InChI is InChI=1S/C12H17BrClNO2S2/c1-12(5-3-2-4-6-12)8-15-19(16,17)10-7-9(14)11(13)18-10/h7,15H,2-6,8H2,1H3. The van der Waals surface area contributed by atoms with Gasteiger partial charge in [0.15, 0.2) is 0 Å². The molecule has 108 valence electrons. The molecule has 3 nitrogen and oxygen atoms in total. The number of rotatable bonds is 4. The zero-order valence-electron chi connectivity index (χ0n) is 10.7. The van der Waals surface area contributed by atoms with Crippen molar-refractivity contribution in [3.63, 3.8) is 0 Å². The second-order valence-electron chi connectivity index (χ2n) is 5.38. The van der Waals surface area contributed by atoms with Crippen LogP contribution < -0.4 is 4.72 Å². The van der Waals surface area contributed by atoms with Crippen molar-refractivity contribution < 1.29 is 8.42 Å². The van der Waals surface area contributed by atoms with E-state index < -0.39 is 10.0 Å². The number of hydrogen-bond donors (Lipinski definition) is 1. The van der Waals surface area contributed by atoms with Gasteiger partial charge < -0.3 is 0 Å². The lowest BCUT2D eigenvalue weighted by Gasteiger charge is -2.33. The Morgan fingerprint density at radius 2 is 2.05 bits per heavy atom. The summed E-state index contributed by atoms with van der Waals surface area (Å²) >= 11 is 10.3. The predicted octanol–water partition coefficient (Wildman–Crippen LogP) is 4.41. The second kappa shape index (κ2) is 6.02. The molecule has 0 bridgehead atoms. The third kappa shape index (κ3) is 3.94. The summed E-state index contributed by atoms with van der Waals surface area (Å²) in [6.45, 7) is 2.66. The van der Waals surface area contributed by atoms with Gasteiger partial charge >= 0.3 is 0 Å². The van der Waals surface area contributed by atoms with E-state index in [1.807, 2.05) is 0 Å². The molecule has 0 amide bonds. The molecule has 1 N–H and O–H groups in total. The molecule has 2 rings (SSSR count). The lowest BCUT2D eigenvalue weighted by atomic mass is 9.76. The van der Waals surface area contributed by atoms with Gasteiger partial charge in [0.25, 0.3) is 0 Å². The molecule has 1 heterocycles. The molecule has 0 spiro atoms. The first kappa shape index (κ1) is 15.8. The molecular formula is C12H17BrClNO2S2. The first-order chi connectivity index (χ1) is 8.82. The molecule has 0 unspecified atom stereocenters. The first-order valence-electron chi connectivity index (χ1n) is 6.27. The molecule has 1 aromatic rings. The topological polar surface area (TPSA) is 46.2 Å². The third-order valence-corrected chi connectivity index (χ3v) is 7.99. The maximum Gasteiger partial charge on any atom is 0.250 e. The van der Waals surface area contributed by atoms with E-state index in [2.05, 4.69) is 27.6 Å². The molecule has 1 saturated carbocycles. The molecule has 19 heavy (non-hydrogen) atoms. The van der Waals surface area contributed by atoms with Crippen molar-refractivity contribution in [2.24, 2.45) is 5.41 Å². The monoisotopic (exact) mass is 385 g/mol. The van der Waals surface area contributed by atoms with Crippen LogP contribution in [-0.2, 0) is 10.0 Å². The Hall–Kier alpha value is 0.380. The van der Waals surface area contributed by atoms with Gasteiger partial charge in [0.05, 0.1) is 8.81 Å².